The average molecular weight is 244 g/mol. The molecule has 1 aromatic rings. The number of carbonyl (C=O) groups is 1. The van der Waals surface area contributed by atoms with Gasteiger partial charge in [-0.1, -0.05) is 11.6 Å². The van der Waals surface area contributed by atoms with E-state index < -0.39 is 6.09 Å². The molecule has 0 fully saturated rings. The van der Waals surface area contributed by atoms with Crippen LogP contribution in [0.2, 0.25) is 5.02 Å². The molecule has 0 aromatic heterocycles. The van der Waals surface area contributed by atoms with Gasteiger partial charge in [0, 0.05) is 18.2 Å². The number of aryl methyl sites for hydroxylation is 1. The molecule has 1 aromatic carbocycles. The maximum atomic E-state index is 11.2. The van der Waals surface area contributed by atoms with Gasteiger partial charge >= 0.3 is 6.09 Å². The van der Waals surface area contributed by atoms with Gasteiger partial charge in [0.1, 0.15) is 5.75 Å². The summed E-state index contributed by atoms with van der Waals surface area (Å²) >= 11 is 5.84. The highest BCUT2D eigenvalue weighted by atomic mass is 35.5. The summed E-state index contributed by atoms with van der Waals surface area (Å²) in [6.07, 6.45) is -0.0236. The summed E-state index contributed by atoms with van der Waals surface area (Å²) in [6, 6.07) is 4.99. The minimum atomic E-state index is -0.532. The van der Waals surface area contributed by atoms with Gasteiger partial charge in [-0.2, -0.15) is 0 Å². The van der Waals surface area contributed by atoms with Crippen molar-refractivity contribution in [3.8, 4) is 5.75 Å². The number of aliphatic hydroxyl groups is 1. The molecule has 0 atom stereocenters. The summed E-state index contributed by atoms with van der Waals surface area (Å²) in [6.45, 7) is 2.26. The van der Waals surface area contributed by atoms with Crippen LogP contribution in [0.5, 0.6) is 5.75 Å². The standard InChI is InChI=1S/C11H14ClNO3/c1-8-7-9(3-4-10(8)12)16-11(15)13-5-2-6-14/h3-4,7,14H,2,5-6H2,1H3,(H,13,15). The number of rotatable bonds is 4. The van der Waals surface area contributed by atoms with E-state index in [4.69, 9.17) is 21.4 Å². The predicted molar refractivity (Wildman–Crippen MR) is 61.9 cm³/mol. The quantitative estimate of drug-likeness (QED) is 0.797. The van der Waals surface area contributed by atoms with Gasteiger partial charge in [-0.3, -0.25) is 0 Å². The van der Waals surface area contributed by atoms with Crippen LogP contribution in [0.25, 0.3) is 0 Å². The smallest absolute Gasteiger partial charge is 0.410 e. The van der Waals surface area contributed by atoms with Crippen molar-refractivity contribution >= 4 is 17.7 Å². The summed E-state index contributed by atoms with van der Waals surface area (Å²) in [4.78, 5) is 11.2. The van der Waals surface area contributed by atoms with Crippen LogP contribution in [0, 0.1) is 6.92 Å². The van der Waals surface area contributed by atoms with Crippen LogP contribution in [0.15, 0.2) is 18.2 Å². The topological polar surface area (TPSA) is 58.6 Å². The first-order valence-electron chi connectivity index (χ1n) is 4.96. The van der Waals surface area contributed by atoms with E-state index in [-0.39, 0.29) is 6.61 Å². The van der Waals surface area contributed by atoms with Crippen molar-refractivity contribution < 1.29 is 14.6 Å². The van der Waals surface area contributed by atoms with Gasteiger partial charge in [0.15, 0.2) is 0 Å². The lowest BCUT2D eigenvalue weighted by molar-refractivity contribution is 0.199. The first-order chi connectivity index (χ1) is 7.63. The van der Waals surface area contributed by atoms with Crippen LogP contribution in [0.3, 0.4) is 0 Å². The number of hydrogen-bond acceptors (Lipinski definition) is 3. The van der Waals surface area contributed by atoms with E-state index in [1.807, 2.05) is 6.92 Å². The molecule has 16 heavy (non-hydrogen) atoms. The molecule has 0 saturated heterocycles. The lowest BCUT2D eigenvalue weighted by atomic mass is 10.2. The molecular formula is C11H14ClNO3. The van der Waals surface area contributed by atoms with Gasteiger partial charge in [-0.15, -0.1) is 0 Å². The van der Waals surface area contributed by atoms with Crippen molar-refractivity contribution in [2.75, 3.05) is 13.2 Å². The molecule has 4 nitrogen and oxygen atoms in total. The summed E-state index contributed by atoms with van der Waals surface area (Å²) in [5.74, 6) is 0.448. The van der Waals surface area contributed by atoms with Crippen molar-refractivity contribution in [3.05, 3.63) is 28.8 Å². The van der Waals surface area contributed by atoms with Gasteiger partial charge in [0.2, 0.25) is 0 Å². The SMILES string of the molecule is Cc1cc(OC(=O)NCCCO)ccc1Cl. The van der Waals surface area contributed by atoms with E-state index in [1.54, 1.807) is 18.2 Å². The normalized spacial score (nSPS) is 9.94. The number of ether oxygens (including phenoxy) is 1. The van der Waals surface area contributed by atoms with Crippen LogP contribution >= 0.6 is 11.6 Å². The lowest BCUT2D eigenvalue weighted by Gasteiger charge is -2.07. The minimum Gasteiger partial charge on any atom is -0.410 e. The van der Waals surface area contributed by atoms with E-state index in [1.165, 1.54) is 0 Å². The van der Waals surface area contributed by atoms with Crippen LogP contribution < -0.4 is 10.1 Å². The summed E-state index contributed by atoms with van der Waals surface area (Å²) in [5, 5.41) is 11.7. The number of hydrogen-bond donors (Lipinski definition) is 2. The Hall–Kier alpha value is -1.26. The van der Waals surface area contributed by atoms with Gasteiger partial charge in [0.25, 0.3) is 0 Å². The average Bonchev–Trinajstić information content (AvgIpc) is 2.24. The van der Waals surface area contributed by atoms with Crippen molar-refractivity contribution in [1.82, 2.24) is 5.32 Å². The Kier molecular flexibility index (Phi) is 5.08. The molecule has 0 unspecified atom stereocenters. The Bertz CT molecular complexity index is 368. The minimum absolute atomic E-state index is 0.0420. The summed E-state index contributed by atoms with van der Waals surface area (Å²) < 4.78 is 5.01. The van der Waals surface area contributed by atoms with Crippen molar-refractivity contribution in [3.63, 3.8) is 0 Å². The fourth-order valence-electron chi connectivity index (χ4n) is 1.09. The van der Waals surface area contributed by atoms with Gasteiger partial charge < -0.3 is 15.2 Å². The summed E-state index contributed by atoms with van der Waals surface area (Å²) in [5.41, 5.74) is 0.849. The second kappa shape index (κ2) is 6.35. The van der Waals surface area contributed by atoms with E-state index in [9.17, 15) is 4.79 Å². The van der Waals surface area contributed by atoms with E-state index >= 15 is 0 Å². The largest absolute Gasteiger partial charge is 0.412 e. The molecule has 0 aliphatic carbocycles. The third kappa shape index (κ3) is 4.08. The highest BCUT2D eigenvalue weighted by Crippen LogP contribution is 2.20. The molecule has 0 bridgehead atoms. The molecular weight excluding hydrogens is 230 g/mol. The second-order valence-corrected chi connectivity index (χ2v) is 3.71. The van der Waals surface area contributed by atoms with E-state index in [0.717, 1.165) is 5.56 Å². The zero-order valence-electron chi connectivity index (χ0n) is 9.00. The van der Waals surface area contributed by atoms with Crippen molar-refractivity contribution in [1.29, 1.82) is 0 Å². The number of carbonyl (C=O) groups excluding carboxylic acids is 1. The highest BCUT2D eigenvalue weighted by molar-refractivity contribution is 6.31. The Morgan fingerprint density at radius 2 is 2.31 bits per heavy atom. The fourth-order valence-corrected chi connectivity index (χ4v) is 1.21. The molecule has 5 heteroatoms. The number of halogens is 1. The zero-order chi connectivity index (χ0) is 12.0. The first kappa shape index (κ1) is 12.8. The molecule has 0 saturated carbocycles. The van der Waals surface area contributed by atoms with Crippen LogP contribution in [0.4, 0.5) is 4.79 Å². The third-order valence-electron chi connectivity index (χ3n) is 1.94. The third-order valence-corrected chi connectivity index (χ3v) is 2.37. The number of aliphatic hydroxyl groups excluding tert-OH is 1. The lowest BCUT2D eigenvalue weighted by Crippen LogP contribution is -2.28. The Morgan fingerprint density at radius 1 is 1.56 bits per heavy atom. The Labute approximate surface area is 99.2 Å². The number of benzene rings is 1. The van der Waals surface area contributed by atoms with Crippen molar-refractivity contribution in [2.24, 2.45) is 0 Å². The summed E-state index contributed by atoms with van der Waals surface area (Å²) in [7, 11) is 0. The molecule has 0 aliphatic rings. The van der Waals surface area contributed by atoms with Gasteiger partial charge in [-0.05, 0) is 37.1 Å². The predicted octanol–water partition coefficient (Wildman–Crippen LogP) is 2.12. The van der Waals surface area contributed by atoms with Gasteiger partial charge in [-0.25, -0.2) is 4.79 Å². The van der Waals surface area contributed by atoms with E-state index in [2.05, 4.69) is 5.32 Å². The number of nitrogens with one attached hydrogen (secondary N) is 1. The fraction of sp³-hybridized carbons (Fsp3) is 0.364. The second-order valence-electron chi connectivity index (χ2n) is 3.30. The van der Waals surface area contributed by atoms with E-state index in [0.29, 0.717) is 23.7 Å². The first-order valence-corrected chi connectivity index (χ1v) is 5.34. The molecule has 1 rings (SSSR count). The zero-order valence-corrected chi connectivity index (χ0v) is 9.75. The van der Waals surface area contributed by atoms with Crippen LogP contribution in [-0.2, 0) is 0 Å². The maximum absolute atomic E-state index is 11.2. The molecule has 1 amide bonds. The number of amides is 1. The molecule has 0 radical (unpaired) electrons. The Balaban J connectivity index is 2.46. The van der Waals surface area contributed by atoms with Crippen LogP contribution in [0.1, 0.15) is 12.0 Å². The van der Waals surface area contributed by atoms with Gasteiger partial charge in [0.05, 0.1) is 0 Å². The maximum Gasteiger partial charge on any atom is 0.412 e. The Morgan fingerprint density at radius 3 is 2.94 bits per heavy atom. The van der Waals surface area contributed by atoms with Crippen LogP contribution in [-0.4, -0.2) is 24.4 Å². The highest BCUT2D eigenvalue weighted by Gasteiger charge is 2.04. The molecule has 0 aliphatic heterocycles. The molecule has 2 N–H and O–H groups in total. The molecule has 88 valence electrons. The monoisotopic (exact) mass is 243 g/mol. The molecule has 0 spiro atoms. The van der Waals surface area contributed by atoms with Crippen molar-refractivity contribution in [2.45, 2.75) is 13.3 Å². The molecule has 0 heterocycles.